The number of anilines is 1. The first-order valence-electron chi connectivity index (χ1n) is 5.95. The number of hydrogen-bond donors (Lipinski definition) is 1. The van der Waals surface area contributed by atoms with Gasteiger partial charge < -0.3 is 9.75 Å². The predicted molar refractivity (Wildman–Crippen MR) is 73.7 cm³/mol. The number of aliphatic imine (C=N–C) groups is 1. The Balaban J connectivity index is 1.90. The van der Waals surface area contributed by atoms with Gasteiger partial charge in [-0.3, -0.25) is 0 Å². The summed E-state index contributed by atoms with van der Waals surface area (Å²) in [5.41, 5.74) is 4.31. The second-order valence-electron chi connectivity index (χ2n) is 4.20. The van der Waals surface area contributed by atoms with Crippen molar-refractivity contribution in [3.05, 3.63) is 42.5 Å². The maximum absolute atomic E-state index is 5.38. The first-order chi connectivity index (χ1) is 8.84. The van der Waals surface area contributed by atoms with E-state index in [1.807, 2.05) is 24.2 Å². The van der Waals surface area contributed by atoms with E-state index in [0.29, 0.717) is 6.61 Å². The van der Waals surface area contributed by atoms with Crippen LogP contribution in [0.4, 0.5) is 5.69 Å². The molecule has 1 aliphatic rings. The minimum absolute atomic E-state index is 0.283. The molecule has 1 heterocycles. The van der Waals surface area contributed by atoms with Crippen LogP contribution in [0.5, 0.6) is 0 Å². The van der Waals surface area contributed by atoms with Gasteiger partial charge in [0.1, 0.15) is 0 Å². The van der Waals surface area contributed by atoms with Crippen LogP contribution in [0.2, 0.25) is 0 Å². The van der Waals surface area contributed by atoms with E-state index in [0.717, 1.165) is 5.69 Å². The molecule has 1 aliphatic heterocycles. The normalized spacial score (nSPS) is 18.4. The van der Waals surface area contributed by atoms with Crippen molar-refractivity contribution in [2.75, 3.05) is 18.7 Å². The molecule has 0 aliphatic carbocycles. The van der Waals surface area contributed by atoms with E-state index >= 15 is 0 Å². The molecule has 18 heavy (non-hydrogen) atoms. The summed E-state index contributed by atoms with van der Waals surface area (Å²) < 4.78 is 5.38. The molecule has 0 bridgehead atoms. The minimum atomic E-state index is -0.283. The molecule has 4 heteroatoms. The van der Waals surface area contributed by atoms with Gasteiger partial charge in [0.25, 0.3) is 0 Å². The average Bonchev–Trinajstić information content (AvgIpc) is 2.91. The number of ether oxygens (including phenoxy) is 1. The molecular formula is C14H15N3O. The second-order valence-corrected chi connectivity index (χ2v) is 4.20. The van der Waals surface area contributed by atoms with E-state index in [4.69, 9.17) is 4.74 Å². The van der Waals surface area contributed by atoms with Gasteiger partial charge in [-0.25, -0.2) is 4.99 Å². The van der Waals surface area contributed by atoms with Crippen molar-refractivity contribution < 1.29 is 4.74 Å². The van der Waals surface area contributed by atoms with Gasteiger partial charge in [-0.15, -0.1) is 0 Å². The number of hydrogen-bond acceptors (Lipinski definition) is 4. The number of benzene rings is 2. The van der Waals surface area contributed by atoms with E-state index in [2.05, 4.69) is 40.8 Å². The lowest BCUT2D eigenvalue weighted by atomic mass is 10.1. The maximum Gasteiger partial charge on any atom is 0.221 e. The summed E-state index contributed by atoms with van der Waals surface area (Å²) in [6.07, 6.45) is 1.49. The summed E-state index contributed by atoms with van der Waals surface area (Å²) in [6.45, 7) is 0.570. The molecule has 92 valence electrons. The highest BCUT2D eigenvalue weighted by Crippen LogP contribution is 2.25. The van der Waals surface area contributed by atoms with E-state index < -0.39 is 0 Å². The summed E-state index contributed by atoms with van der Waals surface area (Å²) in [6, 6.07) is 14.5. The fraction of sp³-hybridized carbons (Fsp3) is 0.214. The third-order valence-corrected chi connectivity index (χ3v) is 3.00. The van der Waals surface area contributed by atoms with E-state index in [-0.39, 0.29) is 6.35 Å². The second kappa shape index (κ2) is 4.76. The molecule has 1 unspecified atom stereocenters. The Kier molecular flexibility index (Phi) is 2.96. The molecule has 0 amide bonds. The van der Waals surface area contributed by atoms with E-state index in [9.17, 15) is 0 Å². The van der Waals surface area contributed by atoms with Crippen LogP contribution < -0.4 is 10.4 Å². The smallest absolute Gasteiger partial charge is 0.221 e. The summed E-state index contributed by atoms with van der Waals surface area (Å²) in [5.74, 6) is 0. The molecule has 3 rings (SSSR count). The largest absolute Gasteiger partial charge is 0.337 e. The first kappa shape index (κ1) is 11.2. The van der Waals surface area contributed by atoms with Crippen LogP contribution in [0.25, 0.3) is 10.8 Å². The molecule has 2 aromatic rings. The fourth-order valence-electron chi connectivity index (χ4n) is 2.12. The molecule has 0 radical (unpaired) electrons. The van der Waals surface area contributed by atoms with Crippen LogP contribution in [0.15, 0.2) is 47.5 Å². The molecule has 1 atom stereocenters. The van der Waals surface area contributed by atoms with Crippen LogP contribution in [0.1, 0.15) is 0 Å². The van der Waals surface area contributed by atoms with Gasteiger partial charge in [0.05, 0.1) is 12.3 Å². The molecule has 0 saturated heterocycles. The Labute approximate surface area is 106 Å². The van der Waals surface area contributed by atoms with E-state index in [1.54, 1.807) is 6.21 Å². The highest BCUT2D eigenvalue weighted by molar-refractivity contribution is 5.93. The average molecular weight is 241 g/mol. The quantitative estimate of drug-likeness (QED) is 0.837. The Morgan fingerprint density at radius 1 is 1.22 bits per heavy atom. The van der Waals surface area contributed by atoms with Gasteiger partial charge in [0, 0.05) is 18.6 Å². The van der Waals surface area contributed by atoms with Crippen LogP contribution in [-0.4, -0.2) is 26.2 Å². The van der Waals surface area contributed by atoms with Gasteiger partial charge >= 0.3 is 0 Å². The van der Waals surface area contributed by atoms with Crippen LogP contribution in [-0.2, 0) is 4.74 Å². The van der Waals surface area contributed by atoms with Crippen molar-refractivity contribution in [3.63, 3.8) is 0 Å². The number of nitrogens with zero attached hydrogens (tertiary/aromatic N) is 2. The maximum atomic E-state index is 5.38. The molecular weight excluding hydrogens is 226 g/mol. The Morgan fingerprint density at radius 3 is 2.89 bits per heavy atom. The van der Waals surface area contributed by atoms with Crippen molar-refractivity contribution in [3.8, 4) is 0 Å². The molecule has 0 fully saturated rings. The van der Waals surface area contributed by atoms with Crippen molar-refractivity contribution in [1.29, 1.82) is 0 Å². The van der Waals surface area contributed by atoms with Crippen molar-refractivity contribution in [2.45, 2.75) is 6.35 Å². The van der Waals surface area contributed by atoms with Gasteiger partial charge in [-0.05, 0) is 11.5 Å². The zero-order chi connectivity index (χ0) is 12.4. The SMILES string of the molecule is CN(NC1N=CCO1)c1cccc2ccccc12. The lowest BCUT2D eigenvalue weighted by Crippen LogP contribution is -2.41. The van der Waals surface area contributed by atoms with Gasteiger partial charge in [0.2, 0.25) is 6.35 Å². The number of nitrogens with one attached hydrogen (secondary N) is 1. The number of fused-ring (bicyclic) bond motifs is 1. The topological polar surface area (TPSA) is 36.9 Å². The zero-order valence-electron chi connectivity index (χ0n) is 10.2. The third-order valence-electron chi connectivity index (χ3n) is 3.00. The zero-order valence-corrected chi connectivity index (χ0v) is 10.2. The van der Waals surface area contributed by atoms with Crippen LogP contribution in [0, 0.1) is 0 Å². The summed E-state index contributed by atoms with van der Waals surface area (Å²) in [7, 11) is 1.97. The van der Waals surface area contributed by atoms with Gasteiger partial charge in [-0.2, -0.15) is 5.43 Å². The third kappa shape index (κ3) is 2.08. The lowest BCUT2D eigenvalue weighted by Gasteiger charge is -2.24. The number of rotatable bonds is 3. The van der Waals surface area contributed by atoms with Crippen molar-refractivity contribution >= 4 is 22.7 Å². The highest BCUT2D eigenvalue weighted by atomic mass is 16.5. The molecule has 4 nitrogen and oxygen atoms in total. The minimum Gasteiger partial charge on any atom is -0.337 e. The van der Waals surface area contributed by atoms with Crippen LogP contribution in [0.3, 0.4) is 0 Å². The lowest BCUT2D eigenvalue weighted by molar-refractivity contribution is 0.0808. The standard InChI is InChI=1S/C14H15N3O/c1-17(16-14-15-9-10-18-14)13-8-4-6-11-5-2-3-7-12(11)13/h2-9,14,16H,10H2,1H3. The number of hydrazine groups is 1. The molecule has 0 aromatic heterocycles. The highest BCUT2D eigenvalue weighted by Gasteiger charge is 2.13. The van der Waals surface area contributed by atoms with Gasteiger partial charge in [-0.1, -0.05) is 36.4 Å². The summed E-state index contributed by atoms with van der Waals surface area (Å²) in [4.78, 5) is 4.18. The van der Waals surface area contributed by atoms with Crippen LogP contribution >= 0.6 is 0 Å². The molecule has 2 aromatic carbocycles. The first-order valence-corrected chi connectivity index (χ1v) is 5.95. The summed E-state index contributed by atoms with van der Waals surface area (Å²) >= 11 is 0. The van der Waals surface area contributed by atoms with Gasteiger partial charge in [0.15, 0.2) is 0 Å². The molecule has 0 spiro atoms. The Morgan fingerprint density at radius 2 is 2.06 bits per heavy atom. The summed E-state index contributed by atoms with van der Waals surface area (Å²) in [5, 5.41) is 4.38. The predicted octanol–water partition coefficient (Wildman–Crippen LogP) is 2.17. The molecule has 0 saturated carbocycles. The Bertz CT molecular complexity index is 577. The Hall–Kier alpha value is -1.91. The molecule has 1 N–H and O–H groups in total. The fourth-order valence-corrected chi connectivity index (χ4v) is 2.12. The van der Waals surface area contributed by atoms with E-state index in [1.165, 1.54) is 10.8 Å². The monoisotopic (exact) mass is 241 g/mol. The van der Waals surface area contributed by atoms with Crippen molar-refractivity contribution in [1.82, 2.24) is 5.43 Å². The van der Waals surface area contributed by atoms with Crippen molar-refractivity contribution in [2.24, 2.45) is 4.99 Å².